The highest BCUT2D eigenvalue weighted by Gasteiger charge is 2.16. The lowest BCUT2D eigenvalue weighted by atomic mass is 9.87. The molecule has 1 rings (SSSR count). The van der Waals surface area contributed by atoms with E-state index in [0.717, 1.165) is 5.92 Å². The van der Waals surface area contributed by atoms with Crippen LogP contribution in [0.3, 0.4) is 0 Å². The van der Waals surface area contributed by atoms with Gasteiger partial charge in [0, 0.05) is 11.9 Å². The van der Waals surface area contributed by atoms with Gasteiger partial charge in [0.25, 0.3) is 0 Å². The monoisotopic (exact) mass is 293 g/mol. The van der Waals surface area contributed by atoms with Gasteiger partial charge in [-0.05, 0) is 40.9 Å². The predicted octanol–water partition coefficient (Wildman–Crippen LogP) is 7.14. The summed E-state index contributed by atoms with van der Waals surface area (Å²) >= 11 is 0. The Morgan fingerprint density at radius 3 is 1.43 bits per heavy atom. The summed E-state index contributed by atoms with van der Waals surface area (Å²) in [4.78, 5) is 4.54. The van der Waals surface area contributed by atoms with Crippen LogP contribution in [0.2, 0.25) is 0 Å². The first kappa shape index (κ1) is 22.4. The average Bonchev–Trinajstić information content (AvgIpc) is 2.39. The standard InChI is InChI=1S/C14H23N.C4H10.C2H6/c1-9(2)12-7-8-15-14(11(5)6)13(12)10(3)4;1-4(2)3;1-2/h7-11H,1-6H3;4H,1-3H3;1-2H3. The number of pyridine rings is 1. The molecule has 0 aliphatic heterocycles. The lowest BCUT2D eigenvalue weighted by Crippen LogP contribution is -2.07. The average molecular weight is 294 g/mol. The zero-order valence-electron chi connectivity index (χ0n) is 16.4. The smallest absolute Gasteiger partial charge is 0.0466 e. The van der Waals surface area contributed by atoms with Crippen LogP contribution in [0.5, 0.6) is 0 Å². The molecule has 1 nitrogen and oxygen atoms in total. The molecule has 0 spiro atoms. The normalized spacial score (nSPS) is 10.4. The van der Waals surface area contributed by atoms with Crippen molar-refractivity contribution >= 4 is 0 Å². The van der Waals surface area contributed by atoms with Gasteiger partial charge in [0.1, 0.15) is 0 Å². The Morgan fingerprint density at radius 1 is 0.714 bits per heavy atom. The van der Waals surface area contributed by atoms with E-state index in [1.807, 2.05) is 20.0 Å². The molecule has 1 aromatic rings. The third kappa shape index (κ3) is 8.90. The zero-order chi connectivity index (χ0) is 17.2. The molecule has 0 saturated heterocycles. The van der Waals surface area contributed by atoms with Gasteiger partial charge in [-0.3, -0.25) is 4.98 Å². The fourth-order valence-electron chi connectivity index (χ4n) is 2.10. The maximum atomic E-state index is 4.54. The molecule has 0 radical (unpaired) electrons. The van der Waals surface area contributed by atoms with Gasteiger partial charge in [0.2, 0.25) is 0 Å². The summed E-state index contributed by atoms with van der Waals surface area (Å²) in [5.74, 6) is 2.50. The molecule has 0 atom stereocenters. The van der Waals surface area contributed by atoms with Crippen LogP contribution in [-0.2, 0) is 0 Å². The third-order valence-electron chi connectivity index (χ3n) is 2.80. The van der Waals surface area contributed by atoms with Crippen molar-refractivity contribution in [3.8, 4) is 0 Å². The van der Waals surface area contributed by atoms with Gasteiger partial charge in [0.05, 0.1) is 0 Å². The van der Waals surface area contributed by atoms with E-state index in [0.29, 0.717) is 17.8 Å². The second-order valence-electron chi connectivity index (χ2n) is 6.90. The van der Waals surface area contributed by atoms with Crippen LogP contribution < -0.4 is 0 Å². The lowest BCUT2D eigenvalue weighted by molar-refractivity contribution is 0.723. The van der Waals surface area contributed by atoms with Crippen molar-refractivity contribution in [3.63, 3.8) is 0 Å². The third-order valence-corrected chi connectivity index (χ3v) is 2.80. The Morgan fingerprint density at radius 2 is 1.14 bits per heavy atom. The van der Waals surface area contributed by atoms with Gasteiger partial charge in [-0.25, -0.2) is 0 Å². The van der Waals surface area contributed by atoms with E-state index in [1.54, 1.807) is 0 Å². The topological polar surface area (TPSA) is 12.9 Å². The zero-order valence-corrected chi connectivity index (χ0v) is 16.4. The number of aromatic nitrogens is 1. The number of hydrogen-bond acceptors (Lipinski definition) is 1. The van der Waals surface area contributed by atoms with Crippen molar-refractivity contribution in [1.29, 1.82) is 0 Å². The number of rotatable bonds is 3. The molecule has 0 aliphatic carbocycles. The first-order valence-electron chi connectivity index (χ1n) is 8.67. The molecule has 1 aromatic heterocycles. The SMILES string of the molecule is CC.CC(C)C.CC(C)c1ccnc(C(C)C)c1C(C)C. The summed E-state index contributed by atoms with van der Waals surface area (Å²) in [6, 6.07) is 2.17. The van der Waals surface area contributed by atoms with E-state index in [-0.39, 0.29) is 0 Å². The highest BCUT2D eigenvalue weighted by atomic mass is 14.7. The Bertz CT molecular complexity index is 333. The minimum absolute atomic E-state index is 0.515. The summed E-state index contributed by atoms with van der Waals surface area (Å²) < 4.78 is 0. The van der Waals surface area contributed by atoms with Crippen molar-refractivity contribution < 1.29 is 0 Å². The summed E-state index contributed by atoms with van der Waals surface area (Å²) in [7, 11) is 0. The summed E-state index contributed by atoms with van der Waals surface area (Å²) in [5, 5.41) is 0. The number of hydrogen-bond donors (Lipinski definition) is 0. The fourth-order valence-corrected chi connectivity index (χ4v) is 2.10. The van der Waals surface area contributed by atoms with Crippen LogP contribution in [0.1, 0.15) is 111 Å². The summed E-state index contributed by atoms with van der Waals surface area (Å²) in [6.07, 6.45) is 1.95. The largest absolute Gasteiger partial charge is 0.261 e. The molecular weight excluding hydrogens is 254 g/mol. The summed E-state index contributed by atoms with van der Waals surface area (Å²) in [5.41, 5.74) is 4.20. The molecule has 0 aromatic carbocycles. The van der Waals surface area contributed by atoms with Crippen LogP contribution in [0, 0.1) is 5.92 Å². The van der Waals surface area contributed by atoms with Gasteiger partial charge in [-0.1, -0.05) is 76.2 Å². The number of nitrogens with zero attached hydrogens (tertiary/aromatic N) is 1. The molecule has 1 heterocycles. The fraction of sp³-hybridized carbons (Fsp3) is 0.750. The minimum atomic E-state index is 0.515. The van der Waals surface area contributed by atoms with E-state index in [2.05, 4.69) is 73.4 Å². The maximum absolute atomic E-state index is 4.54. The van der Waals surface area contributed by atoms with Crippen molar-refractivity contribution in [3.05, 3.63) is 29.1 Å². The quantitative estimate of drug-likeness (QED) is 0.577. The molecule has 0 bridgehead atoms. The van der Waals surface area contributed by atoms with Crippen LogP contribution >= 0.6 is 0 Å². The molecule has 21 heavy (non-hydrogen) atoms. The molecule has 0 unspecified atom stereocenters. The van der Waals surface area contributed by atoms with Crippen LogP contribution in [0.25, 0.3) is 0 Å². The van der Waals surface area contributed by atoms with Gasteiger partial charge in [0.15, 0.2) is 0 Å². The Kier molecular flexibility index (Phi) is 12.6. The molecule has 124 valence electrons. The Labute approximate surface area is 134 Å². The Balaban J connectivity index is 0. The van der Waals surface area contributed by atoms with Crippen molar-refractivity contribution in [2.24, 2.45) is 5.92 Å². The van der Waals surface area contributed by atoms with Crippen LogP contribution in [0.15, 0.2) is 12.3 Å². The molecule has 0 amide bonds. The van der Waals surface area contributed by atoms with Gasteiger partial charge < -0.3 is 0 Å². The predicted molar refractivity (Wildman–Crippen MR) is 98.4 cm³/mol. The second-order valence-corrected chi connectivity index (χ2v) is 6.90. The van der Waals surface area contributed by atoms with E-state index in [1.165, 1.54) is 16.8 Å². The highest BCUT2D eigenvalue weighted by Crippen LogP contribution is 2.31. The van der Waals surface area contributed by atoms with Crippen LogP contribution in [0.4, 0.5) is 0 Å². The van der Waals surface area contributed by atoms with Crippen molar-refractivity contribution in [1.82, 2.24) is 4.98 Å². The molecule has 0 fully saturated rings. The van der Waals surface area contributed by atoms with Gasteiger partial charge in [-0.2, -0.15) is 0 Å². The molecule has 0 saturated carbocycles. The lowest BCUT2D eigenvalue weighted by Gasteiger charge is -2.21. The van der Waals surface area contributed by atoms with E-state index in [4.69, 9.17) is 0 Å². The van der Waals surface area contributed by atoms with E-state index < -0.39 is 0 Å². The van der Waals surface area contributed by atoms with Crippen molar-refractivity contribution in [2.75, 3.05) is 0 Å². The second kappa shape index (κ2) is 11.8. The Hall–Kier alpha value is -0.850. The van der Waals surface area contributed by atoms with E-state index >= 15 is 0 Å². The van der Waals surface area contributed by atoms with Gasteiger partial charge >= 0.3 is 0 Å². The van der Waals surface area contributed by atoms with Crippen LogP contribution in [-0.4, -0.2) is 4.98 Å². The minimum Gasteiger partial charge on any atom is -0.261 e. The molecule has 0 aliphatic rings. The first-order valence-corrected chi connectivity index (χ1v) is 8.67. The first-order chi connectivity index (χ1) is 9.68. The van der Waals surface area contributed by atoms with Gasteiger partial charge in [-0.15, -0.1) is 0 Å². The molecule has 1 heteroatoms. The van der Waals surface area contributed by atoms with Crippen molar-refractivity contribution in [2.45, 2.75) is 93.9 Å². The van der Waals surface area contributed by atoms with E-state index in [9.17, 15) is 0 Å². The summed E-state index contributed by atoms with van der Waals surface area (Å²) in [6.45, 7) is 24.0. The highest BCUT2D eigenvalue weighted by molar-refractivity contribution is 5.36. The molecular formula is C20H39N. The molecule has 0 N–H and O–H groups in total. The maximum Gasteiger partial charge on any atom is 0.0466 e.